The Morgan fingerprint density at radius 3 is 2.30 bits per heavy atom. The number of halogens is 1. The zero-order valence-electron chi connectivity index (χ0n) is 21.1. The van der Waals surface area contributed by atoms with Gasteiger partial charge in [0.1, 0.15) is 22.8 Å². The van der Waals surface area contributed by atoms with Crippen LogP contribution in [0.5, 0.6) is 5.75 Å². The Hall–Kier alpha value is -2.92. The summed E-state index contributed by atoms with van der Waals surface area (Å²) in [5.74, 6) is -8.95. The summed E-state index contributed by atoms with van der Waals surface area (Å²) in [5.41, 5.74) is 1.11. The molecule has 3 aliphatic carbocycles. The first-order chi connectivity index (χ1) is 17.0. The van der Waals surface area contributed by atoms with E-state index < -0.39 is 81.1 Å². The van der Waals surface area contributed by atoms with Crippen molar-refractivity contribution in [2.45, 2.75) is 49.9 Å². The van der Waals surface area contributed by atoms with Crippen molar-refractivity contribution in [3.63, 3.8) is 0 Å². The predicted molar refractivity (Wildman–Crippen MR) is 134 cm³/mol. The van der Waals surface area contributed by atoms with Crippen molar-refractivity contribution in [1.29, 1.82) is 0 Å². The lowest BCUT2D eigenvalue weighted by Crippen LogP contribution is -2.70. The van der Waals surface area contributed by atoms with Crippen molar-refractivity contribution < 1.29 is 39.9 Å². The van der Waals surface area contributed by atoms with E-state index in [1.54, 1.807) is 32.9 Å². The molecular weight excluding hydrogens is 504 g/mol. The van der Waals surface area contributed by atoms with E-state index in [1.807, 2.05) is 0 Å². The first-order valence-corrected chi connectivity index (χ1v) is 12.3. The van der Waals surface area contributed by atoms with Crippen LogP contribution >= 0.6 is 11.6 Å². The number of fused-ring (bicyclic) bond motifs is 3. The van der Waals surface area contributed by atoms with E-state index >= 15 is 0 Å². The van der Waals surface area contributed by atoms with Gasteiger partial charge in [-0.2, -0.15) is 0 Å². The van der Waals surface area contributed by atoms with Crippen molar-refractivity contribution >= 4 is 34.8 Å². The Balaban J connectivity index is 2.05. The summed E-state index contributed by atoms with van der Waals surface area (Å²) in [6.45, 7) is 5.26. The van der Waals surface area contributed by atoms with Crippen LogP contribution in [0.2, 0.25) is 0 Å². The topological polar surface area (TPSA) is 182 Å². The fourth-order valence-electron chi connectivity index (χ4n) is 6.23. The molecule has 0 unspecified atom stereocenters. The van der Waals surface area contributed by atoms with Crippen molar-refractivity contribution in [1.82, 2.24) is 4.90 Å². The number of likely N-dealkylation sites (N-methyl/N-ethyl adjacent to an activating group) is 1. The Bertz CT molecular complexity index is 1300. The third-order valence-electron chi connectivity index (χ3n) is 8.19. The average molecular weight is 535 g/mol. The number of Topliss-reactive ketones (excluding diaryl/α,β-unsaturated/α-hetero) is 2. The Kier molecular flexibility index (Phi) is 6.27. The van der Waals surface area contributed by atoms with Crippen LogP contribution in [0.1, 0.15) is 43.4 Å². The highest BCUT2D eigenvalue weighted by molar-refractivity contribution is 6.24. The molecule has 4 rings (SSSR count). The van der Waals surface area contributed by atoms with Gasteiger partial charge in [0.2, 0.25) is 5.78 Å². The molecule has 1 saturated carbocycles. The van der Waals surface area contributed by atoms with Crippen LogP contribution in [0.15, 0.2) is 29.0 Å². The summed E-state index contributed by atoms with van der Waals surface area (Å²) in [6.07, 6.45) is -1.63. The van der Waals surface area contributed by atoms with Gasteiger partial charge >= 0.3 is 0 Å². The molecular formula is C26H31ClN2O8. The molecule has 1 aromatic carbocycles. The second kappa shape index (κ2) is 8.56. The largest absolute Gasteiger partial charge is 0.508 e. The van der Waals surface area contributed by atoms with Gasteiger partial charge in [0.25, 0.3) is 5.91 Å². The third-order valence-corrected chi connectivity index (χ3v) is 8.86. The molecule has 0 saturated heterocycles. The minimum absolute atomic E-state index is 0.0494. The lowest BCUT2D eigenvalue weighted by molar-refractivity contribution is -0.169. The highest BCUT2D eigenvalue weighted by Gasteiger charge is 2.68. The minimum Gasteiger partial charge on any atom is -0.508 e. The third kappa shape index (κ3) is 3.39. The number of nitrogens with two attached hydrogens (primary N) is 1. The number of primary amides is 1. The van der Waals surface area contributed by atoms with Gasteiger partial charge in [-0.15, -0.1) is 11.6 Å². The quantitative estimate of drug-likeness (QED) is 0.242. The SMILES string of the molecule is C[C@@H]1c2ccc(C(C)(C)CCl)c(O)c2C(O)=C2C(=O)[C@@]3(O)C(O)=C(C(N)=O)C(=O)[C@H](N(C)C)[C@H]3[C@H](O)[C@H]21. The number of benzene rings is 1. The van der Waals surface area contributed by atoms with Crippen LogP contribution in [0, 0.1) is 11.8 Å². The molecule has 0 aliphatic heterocycles. The zero-order chi connectivity index (χ0) is 27.9. The zero-order valence-corrected chi connectivity index (χ0v) is 21.9. The average Bonchev–Trinajstić information content (AvgIpc) is 2.80. The number of ketones is 2. The number of aliphatic hydroxyl groups is 4. The van der Waals surface area contributed by atoms with Gasteiger partial charge in [-0.25, -0.2) is 0 Å². The van der Waals surface area contributed by atoms with Crippen LogP contribution in [-0.2, 0) is 19.8 Å². The molecule has 200 valence electrons. The number of phenols is 1. The number of rotatable bonds is 4. The van der Waals surface area contributed by atoms with Crippen molar-refractivity contribution in [3.8, 4) is 5.75 Å². The smallest absolute Gasteiger partial charge is 0.255 e. The lowest BCUT2D eigenvalue weighted by atomic mass is 9.54. The normalized spacial score (nSPS) is 31.9. The van der Waals surface area contributed by atoms with Gasteiger partial charge in [0.05, 0.1) is 23.6 Å². The maximum absolute atomic E-state index is 14.0. The first kappa shape index (κ1) is 27.1. The van der Waals surface area contributed by atoms with Crippen LogP contribution in [-0.4, -0.2) is 85.6 Å². The molecule has 7 N–H and O–H groups in total. The predicted octanol–water partition coefficient (Wildman–Crippen LogP) is 1.01. The number of aliphatic hydroxyl groups excluding tert-OH is 3. The standard InChI is InChI=1S/C26H31ClN2O8/c1-9-10-6-7-11(25(2,3)8-27)18(30)13(10)19(31)14-12(9)20(32)16-17(29(4)5)21(33)15(24(28)36)23(35)26(16,37)22(14)34/h6-7,9,12,16-17,20,30-32,35,37H,8H2,1-5H3,(H2,28,36)/t9-,12+,16+,17-,20-,26-/m1/s1. The van der Waals surface area contributed by atoms with Crippen molar-refractivity contribution in [2.24, 2.45) is 17.6 Å². The molecule has 3 aliphatic rings. The second-order valence-electron chi connectivity index (χ2n) is 11.0. The number of aromatic hydroxyl groups is 1. The number of carbonyl (C=O) groups excluding carboxylic acids is 3. The van der Waals surface area contributed by atoms with Gasteiger partial charge in [0, 0.05) is 28.3 Å². The van der Waals surface area contributed by atoms with Crippen LogP contribution in [0.3, 0.4) is 0 Å². The van der Waals surface area contributed by atoms with Crippen LogP contribution in [0.25, 0.3) is 5.76 Å². The second-order valence-corrected chi connectivity index (χ2v) is 11.3. The summed E-state index contributed by atoms with van der Waals surface area (Å²) < 4.78 is 0. The molecule has 0 aromatic heterocycles. The fourth-order valence-corrected chi connectivity index (χ4v) is 6.38. The maximum Gasteiger partial charge on any atom is 0.255 e. The molecule has 37 heavy (non-hydrogen) atoms. The van der Waals surface area contributed by atoms with E-state index in [0.717, 1.165) is 0 Å². The first-order valence-electron chi connectivity index (χ1n) is 11.8. The molecule has 10 nitrogen and oxygen atoms in total. The summed E-state index contributed by atoms with van der Waals surface area (Å²) in [7, 11) is 2.92. The molecule has 0 spiro atoms. The number of alkyl halides is 1. The Labute approximate surface area is 218 Å². The Morgan fingerprint density at radius 2 is 1.78 bits per heavy atom. The number of hydrogen-bond donors (Lipinski definition) is 6. The molecule has 11 heteroatoms. The van der Waals surface area contributed by atoms with Crippen LogP contribution < -0.4 is 5.73 Å². The monoisotopic (exact) mass is 534 g/mol. The van der Waals surface area contributed by atoms with Crippen molar-refractivity contribution in [3.05, 3.63) is 45.7 Å². The highest BCUT2D eigenvalue weighted by Crippen LogP contribution is 2.56. The summed E-state index contributed by atoms with van der Waals surface area (Å²) >= 11 is 6.09. The molecule has 0 radical (unpaired) electrons. The minimum atomic E-state index is -2.94. The number of nitrogens with zero attached hydrogens (tertiary/aromatic N) is 1. The molecule has 1 amide bonds. The van der Waals surface area contributed by atoms with E-state index in [1.165, 1.54) is 19.0 Å². The van der Waals surface area contributed by atoms with E-state index in [-0.39, 0.29) is 17.2 Å². The number of hydrogen-bond acceptors (Lipinski definition) is 9. The molecule has 6 atom stereocenters. The summed E-state index contributed by atoms with van der Waals surface area (Å²) in [5, 5.41) is 56.8. The molecule has 1 fully saturated rings. The van der Waals surface area contributed by atoms with Crippen LogP contribution in [0.4, 0.5) is 0 Å². The Morgan fingerprint density at radius 1 is 1.19 bits per heavy atom. The number of carbonyl (C=O) groups is 3. The fraction of sp³-hybridized carbons (Fsp3) is 0.500. The van der Waals surface area contributed by atoms with Gasteiger partial charge in [-0.1, -0.05) is 32.9 Å². The molecule has 1 aromatic rings. The highest BCUT2D eigenvalue weighted by atomic mass is 35.5. The lowest BCUT2D eigenvalue weighted by Gasteiger charge is -2.53. The molecule has 0 bridgehead atoms. The maximum atomic E-state index is 14.0. The number of amides is 1. The van der Waals surface area contributed by atoms with Crippen molar-refractivity contribution in [2.75, 3.05) is 20.0 Å². The summed E-state index contributed by atoms with van der Waals surface area (Å²) in [6, 6.07) is 1.95. The van der Waals surface area contributed by atoms with Gasteiger partial charge < -0.3 is 31.3 Å². The van der Waals surface area contributed by atoms with E-state index in [4.69, 9.17) is 17.3 Å². The van der Waals surface area contributed by atoms with Gasteiger partial charge in [-0.3, -0.25) is 19.3 Å². The number of phenolic OH excluding ortho intramolecular Hbond substituents is 1. The van der Waals surface area contributed by atoms with E-state index in [0.29, 0.717) is 11.1 Å². The van der Waals surface area contributed by atoms with Gasteiger partial charge in [0.15, 0.2) is 11.4 Å². The van der Waals surface area contributed by atoms with Gasteiger partial charge in [-0.05, 0) is 25.6 Å². The summed E-state index contributed by atoms with van der Waals surface area (Å²) in [4.78, 5) is 40.6. The van der Waals surface area contributed by atoms with E-state index in [2.05, 4.69) is 0 Å². The van der Waals surface area contributed by atoms with E-state index in [9.17, 15) is 39.9 Å². The molecule has 0 heterocycles.